The second-order valence-electron chi connectivity index (χ2n) is 6.09. The average molecular weight is 285 g/mol. The van der Waals surface area contributed by atoms with Gasteiger partial charge in [-0.1, -0.05) is 0 Å². The number of hydrogen-bond donors (Lipinski definition) is 2. The van der Waals surface area contributed by atoms with E-state index in [1.54, 1.807) is 4.90 Å². The van der Waals surface area contributed by atoms with Gasteiger partial charge >= 0.3 is 12.0 Å². The van der Waals surface area contributed by atoms with Crippen LogP contribution in [0.25, 0.3) is 0 Å². The van der Waals surface area contributed by atoms with E-state index in [2.05, 4.69) is 17.3 Å². The number of likely N-dealkylation sites (tertiary alicyclic amines) is 2. The van der Waals surface area contributed by atoms with Crippen LogP contribution in [0.1, 0.15) is 13.3 Å². The highest BCUT2D eigenvalue weighted by Crippen LogP contribution is 2.24. The number of urea groups is 1. The van der Waals surface area contributed by atoms with E-state index in [0.717, 1.165) is 19.5 Å². The lowest BCUT2D eigenvalue weighted by atomic mass is 9.97. The highest BCUT2D eigenvalue weighted by Gasteiger charge is 2.42. The highest BCUT2D eigenvalue weighted by molar-refractivity contribution is 5.75. The number of nitrogens with zero attached hydrogens (tertiary/aromatic N) is 2. The fraction of sp³-hybridized carbons (Fsp3) is 0.846. The van der Waals surface area contributed by atoms with Crippen molar-refractivity contribution in [2.75, 3.05) is 46.4 Å². The summed E-state index contributed by atoms with van der Waals surface area (Å²) in [6, 6.07) is -0.0871. The fourth-order valence-electron chi connectivity index (χ4n) is 2.77. The molecule has 0 saturated carbocycles. The number of nitrogens with one attached hydrogen (secondary N) is 1. The number of amides is 2. The molecule has 2 aliphatic heterocycles. The van der Waals surface area contributed by atoms with Gasteiger partial charge in [0.05, 0.1) is 13.1 Å². The van der Waals surface area contributed by atoms with E-state index in [0.29, 0.717) is 25.6 Å². The van der Waals surface area contributed by atoms with Crippen molar-refractivity contribution in [2.45, 2.75) is 18.9 Å². The van der Waals surface area contributed by atoms with E-state index in [1.807, 2.05) is 6.92 Å². The Balaban J connectivity index is 1.64. The van der Waals surface area contributed by atoms with E-state index in [9.17, 15) is 9.59 Å². The van der Waals surface area contributed by atoms with Gasteiger partial charge in [-0.25, -0.2) is 9.59 Å². The van der Waals surface area contributed by atoms with Gasteiger partial charge < -0.3 is 25.0 Å². The molecule has 0 aromatic rings. The van der Waals surface area contributed by atoms with E-state index in [1.165, 1.54) is 0 Å². The molecule has 2 saturated heterocycles. The van der Waals surface area contributed by atoms with E-state index in [-0.39, 0.29) is 12.6 Å². The molecule has 2 aliphatic rings. The molecule has 20 heavy (non-hydrogen) atoms. The van der Waals surface area contributed by atoms with Crippen molar-refractivity contribution >= 4 is 12.0 Å². The first-order valence-corrected chi connectivity index (χ1v) is 6.95. The molecule has 114 valence electrons. The van der Waals surface area contributed by atoms with Crippen LogP contribution >= 0.6 is 0 Å². The Morgan fingerprint density at radius 3 is 2.70 bits per heavy atom. The number of ether oxygens (including phenoxy) is 1. The van der Waals surface area contributed by atoms with Gasteiger partial charge in [-0.05, 0) is 32.9 Å². The lowest BCUT2D eigenvalue weighted by Gasteiger charge is -2.47. The summed E-state index contributed by atoms with van der Waals surface area (Å²) in [5.74, 6) is -0.459. The van der Waals surface area contributed by atoms with Crippen molar-refractivity contribution < 1.29 is 19.4 Å². The lowest BCUT2D eigenvalue weighted by Crippen LogP contribution is -2.65. The molecule has 7 nitrogen and oxygen atoms in total. The number of carbonyl (C=O) groups excluding carboxylic acids is 1. The van der Waals surface area contributed by atoms with Crippen molar-refractivity contribution in [1.29, 1.82) is 0 Å². The predicted molar refractivity (Wildman–Crippen MR) is 72.6 cm³/mol. The zero-order valence-corrected chi connectivity index (χ0v) is 12.1. The first-order chi connectivity index (χ1) is 9.38. The van der Waals surface area contributed by atoms with Gasteiger partial charge in [0, 0.05) is 13.1 Å². The predicted octanol–water partition coefficient (Wildman–Crippen LogP) is -0.177. The van der Waals surface area contributed by atoms with E-state index >= 15 is 0 Å². The molecule has 0 radical (unpaired) electrons. The minimum Gasteiger partial charge on any atom is -0.480 e. The van der Waals surface area contributed by atoms with Gasteiger partial charge in [0.2, 0.25) is 0 Å². The summed E-state index contributed by atoms with van der Waals surface area (Å²) in [4.78, 5) is 26.3. The van der Waals surface area contributed by atoms with Crippen LogP contribution in [0, 0.1) is 5.92 Å². The van der Waals surface area contributed by atoms with Crippen LogP contribution < -0.4 is 5.32 Å². The molecular weight excluding hydrogens is 262 g/mol. The Kier molecular flexibility index (Phi) is 4.49. The number of carboxylic acids is 1. The van der Waals surface area contributed by atoms with Crippen molar-refractivity contribution in [3.05, 3.63) is 0 Å². The number of carbonyl (C=O) groups is 2. The molecule has 0 aromatic heterocycles. The van der Waals surface area contributed by atoms with Gasteiger partial charge in [0.15, 0.2) is 0 Å². The van der Waals surface area contributed by atoms with Crippen LogP contribution in [0.2, 0.25) is 0 Å². The van der Waals surface area contributed by atoms with Crippen molar-refractivity contribution in [3.8, 4) is 0 Å². The molecule has 2 heterocycles. The summed E-state index contributed by atoms with van der Waals surface area (Å²) in [5, 5.41) is 11.5. The third-order valence-corrected chi connectivity index (χ3v) is 3.91. The second kappa shape index (κ2) is 5.97. The standard InChI is InChI=1S/C13H23N3O4/c1-13(20-7-11(17)18)8-16(9-13)12(19)14-5-10-3-4-15(2)6-10/h10H,3-9H2,1-2H3,(H,14,19)(H,17,18). The van der Waals surface area contributed by atoms with Gasteiger partial charge in [-0.3, -0.25) is 0 Å². The Labute approximate surface area is 118 Å². The largest absolute Gasteiger partial charge is 0.480 e. The third kappa shape index (κ3) is 3.83. The quantitative estimate of drug-likeness (QED) is 0.732. The molecule has 2 fully saturated rings. The molecule has 0 spiro atoms. The highest BCUT2D eigenvalue weighted by atomic mass is 16.5. The summed E-state index contributed by atoms with van der Waals surface area (Å²) in [5.41, 5.74) is -0.524. The van der Waals surface area contributed by atoms with Crippen molar-refractivity contribution in [2.24, 2.45) is 5.92 Å². The molecule has 0 aromatic carbocycles. The Morgan fingerprint density at radius 1 is 1.45 bits per heavy atom. The van der Waals surface area contributed by atoms with Crippen LogP contribution in [0.15, 0.2) is 0 Å². The summed E-state index contributed by atoms with van der Waals surface area (Å²) in [6.45, 7) is 5.21. The van der Waals surface area contributed by atoms with Crippen LogP contribution in [0.4, 0.5) is 4.79 Å². The maximum atomic E-state index is 11.9. The lowest BCUT2D eigenvalue weighted by molar-refractivity contribution is -0.159. The maximum Gasteiger partial charge on any atom is 0.329 e. The van der Waals surface area contributed by atoms with Gasteiger partial charge in [-0.15, -0.1) is 0 Å². The molecular formula is C13H23N3O4. The molecule has 0 bridgehead atoms. The topological polar surface area (TPSA) is 82.1 Å². The summed E-state index contributed by atoms with van der Waals surface area (Å²) < 4.78 is 5.27. The summed E-state index contributed by atoms with van der Waals surface area (Å²) >= 11 is 0. The smallest absolute Gasteiger partial charge is 0.329 e. The molecule has 2 N–H and O–H groups in total. The molecule has 1 atom stereocenters. The van der Waals surface area contributed by atoms with Gasteiger partial charge in [0.1, 0.15) is 12.2 Å². The molecule has 1 unspecified atom stereocenters. The summed E-state index contributed by atoms with van der Waals surface area (Å²) in [6.07, 6.45) is 1.12. The first kappa shape index (κ1) is 15.1. The second-order valence-corrected chi connectivity index (χ2v) is 6.09. The molecule has 2 rings (SSSR count). The molecule has 2 amide bonds. The Hall–Kier alpha value is -1.34. The molecule has 7 heteroatoms. The monoisotopic (exact) mass is 285 g/mol. The van der Waals surface area contributed by atoms with E-state index in [4.69, 9.17) is 9.84 Å². The van der Waals surface area contributed by atoms with Crippen LogP contribution in [-0.4, -0.2) is 78.9 Å². The summed E-state index contributed by atoms with van der Waals surface area (Å²) in [7, 11) is 2.09. The maximum absolute atomic E-state index is 11.9. The Morgan fingerprint density at radius 2 is 2.15 bits per heavy atom. The van der Waals surface area contributed by atoms with Gasteiger partial charge in [0.25, 0.3) is 0 Å². The average Bonchev–Trinajstić information content (AvgIpc) is 2.76. The normalized spacial score (nSPS) is 25.3. The van der Waals surface area contributed by atoms with Crippen molar-refractivity contribution in [1.82, 2.24) is 15.1 Å². The SMILES string of the molecule is CN1CCC(CNC(=O)N2CC(C)(OCC(=O)O)C2)C1. The van der Waals surface area contributed by atoms with Crippen LogP contribution in [0.3, 0.4) is 0 Å². The number of carboxylic acid groups (broad SMARTS) is 1. The van der Waals surface area contributed by atoms with Gasteiger partial charge in [-0.2, -0.15) is 0 Å². The minimum atomic E-state index is -0.987. The van der Waals surface area contributed by atoms with Crippen LogP contribution in [-0.2, 0) is 9.53 Å². The molecule has 0 aliphatic carbocycles. The Bertz CT molecular complexity index is 382. The van der Waals surface area contributed by atoms with Crippen LogP contribution in [0.5, 0.6) is 0 Å². The first-order valence-electron chi connectivity index (χ1n) is 6.95. The number of rotatable bonds is 5. The zero-order valence-electron chi connectivity index (χ0n) is 12.1. The number of aliphatic carboxylic acids is 1. The number of hydrogen-bond acceptors (Lipinski definition) is 4. The zero-order chi connectivity index (χ0) is 14.8. The van der Waals surface area contributed by atoms with E-state index < -0.39 is 11.6 Å². The third-order valence-electron chi connectivity index (χ3n) is 3.91. The minimum absolute atomic E-state index is 0.0871. The fourth-order valence-corrected chi connectivity index (χ4v) is 2.77. The van der Waals surface area contributed by atoms with Crippen molar-refractivity contribution in [3.63, 3.8) is 0 Å².